The van der Waals surface area contributed by atoms with Gasteiger partial charge in [-0.25, -0.2) is 4.98 Å². The first-order valence-corrected chi connectivity index (χ1v) is 46.1. The number of rotatable bonds is 20. The first-order valence-electron chi connectivity index (χ1n) is 44.9. The number of guanidine groups is 1. The van der Waals surface area contributed by atoms with Gasteiger partial charge >= 0.3 is 0 Å². The molecule has 13 atom stereocenters. The standard InChI is InChI=1S/C91H126N24O18S/c1-52(2)37-65-86(129)111(4)47-76(119)102-63(39-55-43-98-60-29-21-19-27-58(55)60)81(124)109-69(48-116)83(126)108-67(40-56-44-99-61-30-22-20-28-59(56)61)88(131)114(7)73-33-18-13-11-9-8-10-12-17-32-71(113(6)90(73)133)84(127)104-62(31-23-35-97-91(94)95)80(123)110-70(79(122)100-46-75(93)118)49-134-50-77(120)103-66(38-54-25-15-14-16-26-54)87(130)112(5)53(3)78(121)106-68(42-74(92)117)89(132)115-36-24-34-72(115)85(128)105-64(82(125)107-65)41-57-45-96-51-101-57/h8-9,14-16,19-22,25-30,43-45,51-53,62-73,98-99,116H,10-13,17-18,23-24,31-42,46-50H2,1-7H3,(H2,92,117)(H2,93,118)(H,96,101)(H,100,122)(H,102,119)(H,103,120)(H,104,127)(H,105,128)(H,106,121)(H,107,125)(H,108,126)(H,109,124)(H,110,123)(H4,94,95,97)/b9-8+/t53-,62-,63-,64-,65-,66-,67-,68-,69-,70-,71-,72-,73-/m0/s1. The number of nitrogens with zero attached hydrogens (tertiary/aromatic N) is 6. The fourth-order valence-electron chi connectivity index (χ4n) is 16.4. The number of hydrogen-bond donors (Lipinski definition) is 19. The normalized spacial score (nSPS) is 24.5. The van der Waals surface area contributed by atoms with Crippen molar-refractivity contribution in [1.29, 1.82) is 5.41 Å². The molecule has 9 rings (SSSR count). The zero-order valence-corrected chi connectivity index (χ0v) is 77.3. The number of aliphatic hydroxyl groups excluding tert-OH is 1. The van der Waals surface area contributed by atoms with Crippen molar-refractivity contribution in [2.45, 2.75) is 215 Å². The average molecular weight is 1880 g/mol. The summed E-state index contributed by atoms with van der Waals surface area (Å²) in [4.78, 5) is 268. The van der Waals surface area contributed by atoms with Crippen LogP contribution in [0.1, 0.15) is 133 Å². The van der Waals surface area contributed by atoms with E-state index in [1.165, 1.54) is 57.4 Å². The number of carbonyl (C=O) groups excluding carboxylic acids is 17. The van der Waals surface area contributed by atoms with E-state index < -0.39 is 223 Å². The van der Waals surface area contributed by atoms with Crippen LogP contribution in [-0.2, 0) is 107 Å². The molecular weight excluding hydrogens is 1750 g/mol. The zero-order chi connectivity index (χ0) is 97.4. The summed E-state index contributed by atoms with van der Waals surface area (Å²) in [7, 11) is 5.29. The van der Waals surface area contributed by atoms with Crippen molar-refractivity contribution in [2.24, 2.45) is 23.1 Å². The molecule has 0 radical (unpaired) electrons. The second-order valence-electron chi connectivity index (χ2n) is 34.4. The Morgan fingerprint density at radius 2 is 1.05 bits per heavy atom. The molecule has 724 valence electrons. The zero-order valence-electron chi connectivity index (χ0n) is 76.4. The van der Waals surface area contributed by atoms with E-state index in [9.17, 15) is 57.8 Å². The summed E-state index contributed by atoms with van der Waals surface area (Å²) in [6.45, 7) is 2.24. The summed E-state index contributed by atoms with van der Waals surface area (Å²) in [5.41, 5.74) is 20.1. The fraction of sp³-hybridized carbons (Fsp3) is 0.505. The van der Waals surface area contributed by atoms with Gasteiger partial charge in [-0.2, -0.15) is 0 Å². The Labute approximate surface area is 779 Å². The van der Waals surface area contributed by atoms with Crippen molar-refractivity contribution < 1.29 is 86.6 Å². The summed E-state index contributed by atoms with van der Waals surface area (Å²) < 4.78 is 0. The predicted molar refractivity (Wildman–Crippen MR) is 497 cm³/mol. The summed E-state index contributed by atoms with van der Waals surface area (Å²) in [6.07, 6.45) is 11.3. The first kappa shape index (κ1) is 104. The van der Waals surface area contributed by atoms with Crippen molar-refractivity contribution >= 4 is 140 Å². The van der Waals surface area contributed by atoms with Crippen LogP contribution in [0, 0.1) is 11.3 Å². The Morgan fingerprint density at radius 3 is 1.66 bits per heavy atom. The molecule has 42 nitrogen and oxygen atoms in total. The summed E-state index contributed by atoms with van der Waals surface area (Å²) >= 11 is 0.798. The highest BCUT2D eigenvalue weighted by Crippen LogP contribution is 2.27. The van der Waals surface area contributed by atoms with Gasteiger partial charge in [-0.05, 0) is 112 Å². The molecule has 0 aliphatic carbocycles. The van der Waals surface area contributed by atoms with Gasteiger partial charge < -0.3 is 120 Å². The molecule has 2 bridgehead atoms. The van der Waals surface area contributed by atoms with Gasteiger partial charge in [-0.15, -0.1) is 11.8 Å². The van der Waals surface area contributed by atoms with Gasteiger partial charge in [0.1, 0.15) is 78.5 Å². The molecule has 43 heteroatoms. The molecule has 3 aliphatic heterocycles. The van der Waals surface area contributed by atoms with Crippen LogP contribution in [-0.4, -0.2) is 307 Å². The van der Waals surface area contributed by atoms with Crippen LogP contribution in [0.5, 0.6) is 0 Å². The molecule has 2 fully saturated rings. The minimum absolute atomic E-state index is 0.000530. The lowest BCUT2D eigenvalue weighted by molar-refractivity contribution is -0.149. The molecule has 0 spiro atoms. The van der Waals surface area contributed by atoms with Gasteiger partial charge in [-0.1, -0.05) is 106 Å². The molecule has 2 saturated heterocycles. The van der Waals surface area contributed by atoms with E-state index in [0.29, 0.717) is 82.7 Å². The van der Waals surface area contributed by atoms with Crippen LogP contribution in [0.3, 0.4) is 0 Å². The van der Waals surface area contributed by atoms with E-state index in [1.807, 2.05) is 12.2 Å². The smallest absolute Gasteiger partial charge is 0.246 e. The molecule has 3 aliphatic rings. The van der Waals surface area contributed by atoms with Gasteiger partial charge in [-0.3, -0.25) is 86.9 Å². The average Bonchev–Trinajstić information content (AvgIpc) is 1.70. The molecule has 0 unspecified atom stereocenters. The number of aromatic amines is 3. The summed E-state index contributed by atoms with van der Waals surface area (Å²) in [6, 6.07) is 2.92. The molecule has 3 aromatic heterocycles. The van der Waals surface area contributed by atoms with E-state index in [4.69, 9.17) is 22.6 Å². The maximum atomic E-state index is 15.8. The van der Waals surface area contributed by atoms with Gasteiger partial charge in [0, 0.05) is 119 Å². The lowest BCUT2D eigenvalue weighted by atomic mass is 9.99. The number of allylic oxidation sites excluding steroid dienone is 2. The number of fused-ring (bicyclic) bond motifs is 6. The number of imidazole rings is 1. The Hall–Kier alpha value is -13.7. The molecular formula is C91H126N24O18S. The Kier molecular flexibility index (Phi) is 39.4. The number of H-pyrrole nitrogens is 3. The van der Waals surface area contributed by atoms with Crippen LogP contribution >= 0.6 is 11.8 Å². The van der Waals surface area contributed by atoms with E-state index >= 15 is 28.8 Å². The number of para-hydroxylation sites is 2. The summed E-state index contributed by atoms with van der Waals surface area (Å²) in [5.74, 6) is -17.1. The van der Waals surface area contributed by atoms with Crippen molar-refractivity contribution in [3.8, 4) is 0 Å². The Balaban J connectivity index is 1.09. The van der Waals surface area contributed by atoms with Crippen LogP contribution in [0.25, 0.3) is 21.8 Å². The number of nitrogens with one attached hydrogen (secondary N) is 15. The molecule has 134 heavy (non-hydrogen) atoms. The van der Waals surface area contributed by atoms with Crippen LogP contribution in [0.4, 0.5) is 0 Å². The molecule has 3 aromatic carbocycles. The second kappa shape index (κ2) is 50.8. The number of thioether (sulfide) groups is 1. The molecule has 0 saturated carbocycles. The number of carbonyl (C=O) groups is 17. The minimum atomic E-state index is -1.85. The van der Waals surface area contributed by atoms with E-state index in [-0.39, 0.29) is 89.6 Å². The number of hydrogen-bond acceptors (Lipinski definition) is 21. The van der Waals surface area contributed by atoms with E-state index in [0.717, 1.165) is 26.5 Å². The molecule has 22 N–H and O–H groups in total. The largest absolute Gasteiger partial charge is 0.394 e. The number of nitrogens with two attached hydrogens (primary N) is 3. The lowest BCUT2D eigenvalue weighted by Gasteiger charge is -2.36. The quantitative estimate of drug-likeness (QED) is 0.0173. The van der Waals surface area contributed by atoms with Crippen molar-refractivity contribution in [2.75, 3.05) is 72.5 Å². The number of primary amides is 2. The van der Waals surface area contributed by atoms with Crippen molar-refractivity contribution in [1.82, 2.24) is 103 Å². The molecule has 6 aromatic rings. The highest BCUT2D eigenvalue weighted by Gasteiger charge is 2.44. The Morgan fingerprint density at radius 1 is 0.522 bits per heavy atom. The van der Waals surface area contributed by atoms with Crippen molar-refractivity contribution in [3.63, 3.8) is 0 Å². The SMILES string of the molecule is CC(C)C[C@@H]1NC(=O)[C@H](Cc2cnc[nH]2)NC(=O)[C@@H]2CCCN2C(=O)[C@H](CC(N)=O)NC(=O)[C@H](C)N(C)C(=O)[C@H](Cc2ccccc2)NC(=O)CSC[C@@H](C(=O)NCC(N)=O)NC(=O)[C@H](CCCNC(=N)N)NC(=O)[C@@H]2CCCC/C=C/CCCC[C@@H](C(=O)N2C)N(C)C(=O)[C@H](Cc2c[nH]c3ccccc23)NC(=O)[C@H](CO)NC(=O)[C@H](Cc2c[nH]c3ccccc23)NC(=O)CN(C)C1=O. The highest BCUT2D eigenvalue weighted by atomic mass is 32.2. The third-order valence-corrected chi connectivity index (χ3v) is 24.9. The number of amides is 17. The second-order valence-corrected chi connectivity index (χ2v) is 35.4. The highest BCUT2D eigenvalue weighted by molar-refractivity contribution is 8.00. The third kappa shape index (κ3) is 30.1. The van der Waals surface area contributed by atoms with Gasteiger partial charge in [0.15, 0.2) is 5.96 Å². The predicted octanol–water partition coefficient (Wildman–Crippen LogP) is -1.83. The van der Waals surface area contributed by atoms with E-state index in [2.05, 4.69) is 78.4 Å². The van der Waals surface area contributed by atoms with Crippen LogP contribution < -0.4 is 75.7 Å². The summed E-state index contributed by atoms with van der Waals surface area (Å²) in [5, 5.41) is 49.6. The van der Waals surface area contributed by atoms with Gasteiger partial charge in [0.25, 0.3) is 0 Å². The van der Waals surface area contributed by atoms with Gasteiger partial charge in [0.05, 0.1) is 38.2 Å². The molecule has 17 amide bonds. The van der Waals surface area contributed by atoms with E-state index in [1.54, 1.807) is 105 Å². The maximum absolute atomic E-state index is 15.8. The molecule has 6 heterocycles. The third-order valence-electron chi connectivity index (χ3n) is 23.8. The van der Waals surface area contributed by atoms with Crippen LogP contribution in [0.2, 0.25) is 0 Å². The van der Waals surface area contributed by atoms with Crippen LogP contribution in [0.15, 0.2) is 116 Å². The fourth-order valence-corrected chi connectivity index (χ4v) is 17.3. The number of benzene rings is 3. The minimum Gasteiger partial charge on any atom is -0.394 e. The van der Waals surface area contributed by atoms with Gasteiger partial charge in [0.2, 0.25) is 100 Å². The maximum Gasteiger partial charge on any atom is 0.246 e. The lowest BCUT2D eigenvalue weighted by Crippen LogP contribution is -2.61. The van der Waals surface area contributed by atoms with Crippen molar-refractivity contribution in [3.05, 3.63) is 138 Å². The number of aliphatic hydroxyl groups is 1. The Bertz CT molecular complexity index is 5180. The number of aromatic nitrogens is 4. The topological polar surface area (TPSA) is 621 Å². The number of likely N-dealkylation sites (N-methyl/N-ethyl adjacent to an activating group) is 4. The monoisotopic (exact) mass is 1870 g/mol. The first-order chi connectivity index (χ1) is 64.0.